The average Bonchev–Trinajstić information content (AvgIpc) is 3.43. The van der Waals surface area contributed by atoms with Crippen LogP contribution in [0.2, 0.25) is 0 Å². The van der Waals surface area contributed by atoms with Crippen LogP contribution in [0.4, 0.5) is 0 Å². The van der Waals surface area contributed by atoms with Crippen molar-refractivity contribution in [2.45, 2.75) is 115 Å². The molecule has 0 radical (unpaired) electrons. The summed E-state index contributed by atoms with van der Waals surface area (Å²) in [4.78, 5) is 50.1. The summed E-state index contributed by atoms with van der Waals surface area (Å²) in [6.07, 6.45) is -3.90. The van der Waals surface area contributed by atoms with E-state index in [-0.39, 0.29) is 12.0 Å². The van der Waals surface area contributed by atoms with E-state index in [0.717, 1.165) is 13.8 Å². The zero-order valence-electron chi connectivity index (χ0n) is 23.7. The first-order valence-corrected chi connectivity index (χ1v) is 13.4. The van der Waals surface area contributed by atoms with Crippen LogP contribution in [0.3, 0.4) is 0 Å². The lowest BCUT2D eigenvalue weighted by molar-refractivity contribution is -0.225. The van der Waals surface area contributed by atoms with Gasteiger partial charge in [-0.1, -0.05) is 19.9 Å². The maximum absolute atomic E-state index is 13.1. The molecule has 12 nitrogen and oxygen atoms in total. The lowest BCUT2D eigenvalue weighted by atomic mass is 9.55. The molecule has 0 unspecified atom stereocenters. The third kappa shape index (κ3) is 4.36. The van der Waals surface area contributed by atoms with Crippen LogP contribution >= 0.6 is 0 Å². The molecule has 2 fully saturated rings. The van der Waals surface area contributed by atoms with Crippen molar-refractivity contribution in [3.8, 4) is 0 Å². The lowest BCUT2D eigenvalue weighted by Crippen LogP contribution is -2.68. The third-order valence-electron chi connectivity index (χ3n) is 8.79. The van der Waals surface area contributed by atoms with E-state index in [4.69, 9.17) is 23.7 Å². The highest BCUT2D eigenvalue weighted by Gasteiger charge is 2.87. The van der Waals surface area contributed by atoms with Crippen LogP contribution < -0.4 is 0 Å². The first-order valence-electron chi connectivity index (χ1n) is 13.4. The summed E-state index contributed by atoms with van der Waals surface area (Å²) in [5.41, 5.74) is -6.66. The molecule has 12 heteroatoms. The second kappa shape index (κ2) is 9.93. The zero-order valence-corrected chi connectivity index (χ0v) is 23.7. The van der Waals surface area contributed by atoms with Gasteiger partial charge >= 0.3 is 23.9 Å². The van der Waals surface area contributed by atoms with Crippen LogP contribution in [0.5, 0.6) is 0 Å². The SMILES string of the molecule is CCCC(=O)O[C@H]1/C(C)=C\[C@@H]2OC(=O)[C@]3(C)O[C@]23[C@@H](OC(C)=O)[C@H]2[C@](C)(O)[C@H](OC(C)=O)C=C[C@]2(C)[C@@H](O)[C@@H]1O. The third-order valence-corrected chi connectivity index (χ3v) is 8.79. The van der Waals surface area contributed by atoms with Crippen LogP contribution in [0, 0.1) is 11.3 Å². The molecule has 2 aliphatic carbocycles. The Balaban J connectivity index is 1.99. The van der Waals surface area contributed by atoms with Gasteiger partial charge in [0.25, 0.3) is 0 Å². The van der Waals surface area contributed by atoms with Crippen LogP contribution in [0.25, 0.3) is 0 Å². The van der Waals surface area contributed by atoms with Crippen molar-refractivity contribution in [3.05, 3.63) is 23.8 Å². The van der Waals surface area contributed by atoms with E-state index >= 15 is 0 Å². The van der Waals surface area contributed by atoms with Gasteiger partial charge in [0.15, 0.2) is 23.4 Å². The maximum Gasteiger partial charge on any atom is 0.342 e. The number of aliphatic hydroxyl groups is 3. The van der Waals surface area contributed by atoms with E-state index in [9.17, 15) is 34.5 Å². The van der Waals surface area contributed by atoms with Crippen molar-refractivity contribution >= 4 is 23.9 Å². The number of epoxide rings is 1. The van der Waals surface area contributed by atoms with Gasteiger partial charge in [-0.3, -0.25) is 14.4 Å². The molecule has 40 heavy (non-hydrogen) atoms. The van der Waals surface area contributed by atoms with E-state index in [2.05, 4.69) is 0 Å². The smallest absolute Gasteiger partial charge is 0.342 e. The van der Waals surface area contributed by atoms with Crippen LogP contribution in [0.1, 0.15) is 61.3 Å². The summed E-state index contributed by atoms with van der Waals surface area (Å²) in [6, 6.07) is 0. The summed E-state index contributed by atoms with van der Waals surface area (Å²) in [7, 11) is 0. The highest BCUT2D eigenvalue weighted by atomic mass is 16.7. The van der Waals surface area contributed by atoms with Gasteiger partial charge in [-0.25, -0.2) is 4.79 Å². The number of rotatable bonds is 5. The van der Waals surface area contributed by atoms with E-state index in [1.165, 1.54) is 39.0 Å². The Kier molecular flexibility index (Phi) is 7.49. The van der Waals surface area contributed by atoms with Crippen LogP contribution in [-0.4, -0.2) is 92.6 Å². The van der Waals surface area contributed by atoms with Crippen LogP contribution in [0.15, 0.2) is 23.8 Å². The number of hydrogen-bond donors (Lipinski definition) is 3. The Morgan fingerprint density at radius 1 is 1.05 bits per heavy atom. The minimum Gasteiger partial charge on any atom is -0.459 e. The summed E-state index contributed by atoms with van der Waals surface area (Å²) in [5.74, 6) is -4.18. The minimum absolute atomic E-state index is 0.0588. The van der Waals surface area contributed by atoms with Gasteiger partial charge in [-0.2, -0.15) is 0 Å². The largest absolute Gasteiger partial charge is 0.459 e. The summed E-state index contributed by atoms with van der Waals surface area (Å²) >= 11 is 0. The number of ether oxygens (including phenoxy) is 5. The second-order valence-electron chi connectivity index (χ2n) is 11.7. The first kappa shape index (κ1) is 30.2. The molecule has 0 aromatic carbocycles. The fraction of sp³-hybridized carbons (Fsp3) is 0.714. The van der Waals surface area contributed by atoms with E-state index < -0.39 is 88.6 Å². The predicted octanol–water partition coefficient (Wildman–Crippen LogP) is 0.640. The number of carbonyl (C=O) groups excluding carboxylic acids is 4. The molecule has 1 spiro atoms. The standard InChI is InChI=1S/C28H38O12/c1-8-9-18(31)39-20-13(2)12-17-28(27(7,40-28)24(34)38-17)23(37-15(4)30)21-25(5,22(33)19(20)32)11-10-16(26(21,6)35)36-14(3)29/h10-12,16-17,19-23,32-33,35H,8-9H2,1-7H3/b13-12-/t16-,17+,19-,20+,21-,22+,23+,25+,26-,27+,28+/m1/s1. The molecule has 2 saturated heterocycles. The van der Waals surface area contributed by atoms with Crippen molar-refractivity contribution in [1.29, 1.82) is 0 Å². The van der Waals surface area contributed by atoms with E-state index in [1.54, 1.807) is 13.8 Å². The highest BCUT2D eigenvalue weighted by molar-refractivity contribution is 5.89. The molecule has 4 rings (SSSR count). The topological polar surface area (TPSA) is 178 Å². The van der Waals surface area contributed by atoms with E-state index in [1.807, 2.05) is 0 Å². The zero-order chi connectivity index (χ0) is 30.0. The van der Waals surface area contributed by atoms with Crippen molar-refractivity contribution < 1.29 is 58.2 Å². The van der Waals surface area contributed by atoms with Crippen molar-refractivity contribution in [2.75, 3.05) is 0 Å². The van der Waals surface area contributed by atoms with Gasteiger partial charge in [0.05, 0.1) is 6.10 Å². The maximum atomic E-state index is 13.1. The molecule has 0 aromatic rings. The van der Waals surface area contributed by atoms with E-state index in [0.29, 0.717) is 6.42 Å². The number of fused-ring (bicyclic) bond motifs is 1. The Bertz CT molecular complexity index is 1160. The molecule has 4 aliphatic rings. The Morgan fingerprint density at radius 3 is 2.23 bits per heavy atom. The molecule has 0 bridgehead atoms. The highest BCUT2D eigenvalue weighted by Crippen LogP contribution is 2.65. The van der Waals surface area contributed by atoms with Crippen molar-refractivity contribution in [1.82, 2.24) is 0 Å². The van der Waals surface area contributed by atoms with Gasteiger partial charge in [-0.15, -0.1) is 0 Å². The average molecular weight is 567 g/mol. The summed E-state index contributed by atoms with van der Waals surface area (Å²) < 4.78 is 28.6. The Morgan fingerprint density at radius 2 is 1.68 bits per heavy atom. The molecule has 0 saturated carbocycles. The fourth-order valence-corrected chi connectivity index (χ4v) is 6.75. The Hall–Kier alpha value is -2.80. The summed E-state index contributed by atoms with van der Waals surface area (Å²) in [5, 5.41) is 35.3. The predicted molar refractivity (Wildman–Crippen MR) is 135 cm³/mol. The molecule has 11 atom stereocenters. The van der Waals surface area contributed by atoms with Gasteiger partial charge < -0.3 is 39.0 Å². The Labute approximate surface area is 232 Å². The van der Waals surface area contributed by atoms with Crippen molar-refractivity contribution in [2.24, 2.45) is 11.3 Å². The minimum atomic E-state index is -2.04. The lowest BCUT2D eigenvalue weighted by Gasteiger charge is -2.55. The molecule has 0 amide bonds. The van der Waals surface area contributed by atoms with Gasteiger partial charge in [0.1, 0.15) is 23.9 Å². The molecule has 2 aliphatic heterocycles. The van der Waals surface area contributed by atoms with Gasteiger partial charge in [0, 0.05) is 31.6 Å². The fourth-order valence-electron chi connectivity index (χ4n) is 6.75. The number of aliphatic hydroxyl groups excluding tert-OH is 2. The van der Waals surface area contributed by atoms with Gasteiger partial charge in [0.2, 0.25) is 0 Å². The summed E-state index contributed by atoms with van der Waals surface area (Å²) in [6.45, 7) is 9.97. The molecular weight excluding hydrogens is 528 g/mol. The number of esters is 4. The molecular formula is C28H38O12. The molecule has 0 aromatic heterocycles. The number of hydrogen-bond acceptors (Lipinski definition) is 12. The number of carbonyl (C=O) groups is 4. The molecule has 2 heterocycles. The van der Waals surface area contributed by atoms with Gasteiger partial charge in [-0.05, 0) is 44.9 Å². The second-order valence-corrected chi connectivity index (χ2v) is 11.7. The molecule has 222 valence electrons. The van der Waals surface area contributed by atoms with Crippen molar-refractivity contribution in [3.63, 3.8) is 0 Å². The first-order chi connectivity index (χ1) is 18.5. The normalized spacial score (nSPS) is 46.9. The quantitative estimate of drug-likeness (QED) is 0.183. The van der Waals surface area contributed by atoms with Crippen LogP contribution in [-0.2, 0) is 42.9 Å². The monoisotopic (exact) mass is 566 g/mol. The molecule has 3 N–H and O–H groups in total.